The predicted octanol–water partition coefficient (Wildman–Crippen LogP) is 3.42. The highest BCUT2D eigenvalue weighted by Crippen LogP contribution is 2.44. The fourth-order valence-electron chi connectivity index (χ4n) is 4.16. The quantitative estimate of drug-likeness (QED) is 0.671. The van der Waals surface area contributed by atoms with E-state index in [1.165, 1.54) is 0 Å². The summed E-state index contributed by atoms with van der Waals surface area (Å²) in [4.78, 5) is 32.5. The maximum Gasteiger partial charge on any atom is 0.258 e. The van der Waals surface area contributed by atoms with Crippen LogP contribution < -0.4 is 15.1 Å². The van der Waals surface area contributed by atoms with Crippen LogP contribution in [0.3, 0.4) is 0 Å². The maximum atomic E-state index is 13.2. The van der Waals surface area contributed by atoms with Crippen molar-refractivity contribution in [3.8, 4) is 0 Å². The Morgan fingerprint density at radius 3 is 2.55 bits per heavy atom. The van der Waals surface area contributed by atoms with Gasteiger partial charge in [-0.05, 0) is 50.8 Å². The molecule has 2 aliphatic heterocycles. The highest BCUT2D eigenvalue weighted by molar-refractivity contribution is 6.31. The monoisotopic (exact) mass is 438 g/mol. The fourth-order valence-corrected chi connectivity index (χ4v) is 4.36. The molecule has 0 aromatic heterocycles. The highest BCUT2D eigenvalue weighted by atomic mass is 35.5. The molecule has 0 spiro atoms. The summed E-state index contributed by atoms with van der Waals surface area (Å²) in [6.07, 6.45) is 1.24. The molecule has 0 unspecified atom stereocenters. The number of nitrogens with zero attached hydrogens (tertiary/aromatic N) is 3. The summed E-state index contributed by atoms with van der Waals surface area (Å²) in [5.74, 6) is 0.233. The first kappa shape index (κ1) is 21.4. The van der Waals surface area contributed by atoms with E-state index in [2.05, 4.69) is 32.1 Å². The molecule has 1 amide bonds. The van der Waals surface area contributed by atoms with Gasteiger partial charge in [0.25, 0.3) is 5.91 Å². The summed E-state index contributed by atoms with van der Waals surface area (Å²) in [6.45, 7) is 2.51. The van der Waals surface area contributed by atoms with Gasteiger partial charge in [-0.3, -0.25) is 9.59 Å². The Bertz CT molecular complexity index is 1030. The number of rotatable bonds is 7. The summed E-state index contributed by atoms with van der Waals surface area (Å²) in [5, 5.41) is 3.50. The minimum Gasteiger partial charge on any atom is -0.348 e. The Morgan fingerprint density at radius 2 is 1.81 bits per heavy atom. The predicted molar refractivity (Wildman–Crippen MR) is 124 cm³/mol. The Hall–Kier alpha value is -2.83. The number of fused-ring (bicyclic) bond motifs is 3. The van der Waals surface area contributed by atoms with E-state index in [1.54, 1.807) is 6.07 Å². The summed E-state index contributed by atoms with van der Waals surface area (Å²) in [7, 11) is 4.09. The van der Waals surface area contributed by atoms with Crippen LogP contribution in [0.5, 0.6) is 0 Å². The fraction of sp³-hybridized carbons (Fsp3) is 0.333. The van der Waals surface area contributed by atoms with Crippen LogP contribution in [-0.2, 0) is 16.1 Å². The van der Waals surface area contributed by atoms with Crippen molar-refractivity contribution in [2.75, 3.05) is 43.5 Å². The van der Waals surface area contributed by atoms with Crippen molar-refractivity contribution in [3.63, 3.8) is 0 Å². The smallest absolute Gasteiger partial charge is 0.258 e. The number of halogens is 1. The van der Waals surface area contributed by atoms with Gasteiger partial charge in [0.15, 0.2) is 5.78 Å². The Balaban J connectivity index is 1.66. The zero-order valence-electron chi connectivity index (χ0n) is 17.9. The molecule has 2 heterocycles. The van der Waals surface area contributed by atoms with E-state index < -0.39 is 0 Å². The molecule has 162 valence electrons. The summed E-state index contributed by atoms with van der Waals surface area (Å²) in [5.41, 5.74) is 3.15. The van der Waals surface area contributed by atoms with Crippen molar-refractivity contribution in [3.05, 3.63) is 70.5 Å². The van der Waals surface area contributed by atoms with Gasteiger partial charge in [0, 0.05) is 31.1 Å². The number of ketones is 1. The van der Waals surface area contributed by atoms with Crippen molar-refractivity contribution >= 4 is 34.7 Å². The first-order valence-corrected chi connectivity index (χ1v) is 10.9. The van der Waals surface area contributed by atoms with Crippen LogP contribution in [0, 0.1) is 0 Å². The Labute approximate surface area is 188 Å². The third kappa shape index (κ3) is 4.31. The second-order valence-electron chi connectivity index (χ2n) is 8.09. The summed E-state index contributed by atoms with van der Waals surface area (Å²) < 4.78 is 0. The number of nitrogens with one attached hydrogen (secondary N) is 1. The molecule has 0 aliphatic carbocycles. The van der Waals surface area contributed by atoms with Gasteiger partial charge < -0.3 is 20.0 Å². The SMILES string of the molecule is CN(C)CCCN1C2=C(C(=O)NCc3ccccc3Cl)C(=O)CCN2c2ccccc21. The molecule has 4 rings (SSSR count). The van der Waals surface area contributed by atoms with Gasteiger partial charge in [-0.1, -0.05) is 41.9 Å². The van der Waals surface area contributed by atoms with Crippen molar-refractivity contribution in [2.24, 2.45) is 0 Å². The van der Waals surface area contributed by atoms with E-state index >= 15 is 0 Å². The van der Waals surface area contributed by atoms with Crippen LogP contribution in [0.4, 0.5) is 11.4 Å². The average molecular weight is 439 g/mol. The lowest BCUT2D eigenvalue weighted by atomic mass is 10.0. The molecular weight excluding hydrogens is 412 g/mol. The molecule has 2 aromatic rings. The van der Waals surface area contributed by atoms with E-state index in [0.717, 1.165) is 36.4 Å². The Morgan fingerprint density at radius 1 is 1.10 bits per heavy atom. The van der Waals surface area contributed by atoms with Crippen LogP contribution >= 0.6 is 11.6 Å². The molecular formula is C24H27ClN4O2. The minimum atomic E-state index is -0.352. The number of Topliss-reactive ketones (excluding diaryl/α,β-unsaturated/α-hetero) is 1. The second-order valence-corrected chi connectivity index (χ2v) is 8.50. The molecule has 31 heavy (non-hydrogen) atoms. The molecule has 0 fully saturated rings. The highest BCUT2D eigenvalue weighted by Gasteiger charge is 2.40. The lowest BCUT2D eigenvalue weighted by molar-refractivity contribution is -0.123. The van der Waals surface area contributed by atoms with Gasteiger partial charge in [0.1, 0.15) is 11.4 Å². The van der Waals surface area contributed by atoms with Crippen LogP contribution in [0.25, 0.3) is 0 Å². The van der Waals surface area contributed by atoms with Crippen LogP contribution in [0.2, 0.25) is 5.02 Å². The zero-order chi connectivity index (χ0) is 22.0. The standard InChI is InChI=1S/C24H27ClN4O2/c1-27(2)13-7-14-28-19-10-5-6-11-20(19)29-15-12-21(30)22(24(28)29)23(31)26-16-17-8-3-4-9-18(17)25/h3-6,8-11H,7,12-16H2,1-2H3,(H,26,31). The summed E-state index contributed by atoms with van der Waals surface area (Å²) in [6, 6.07) is 15.5. The van der Waals surface area contributed by atoms with Crippen LogP contribution in [-0.4, -0.2) is 50.3 Å². The van der Waals surface area contributed by atoms with E-state index in [0.29, 0.717) is 23.8 Å². The number of carbonyl (C=O) groups is 2. The van der Waals surface area contributed by atoms with Gasteiger partial charge >= 0.3 is 0 Å². The zero-order valence-corrected chi connectivity index (χ0v) is 18.7. The van der Waals surface area contributed by atoms with Crippen molar-refractivity contribution in [1.82, 2.24) is 10.2 Å². The van der Waals surface area contributed by atoms with E-state index in [-0.39, 0.29) is 23.8 Å². The van der Waals surface area contributed by atoms with E-state index in [9.17, 15) is 9.59 Å². The number of carbonyl (C=O) groups excluding carboxylic acids is 2. The molecule has 0 atom stereocenters. The number of anilines is 2. The molecule has 0 saturated heterocycles. The first-order chi connectivity index (χ1) is 15.0. The molecule has 6 nitrogen and oxygen atoms in total. The third-order valence-electron chi connectivity index (χ3n) is 5.65. The van der Waals surface area contributed by atoms with E-state index in [1.807, 2.05) is 44.4 Å². The van der Waals surface area contributed by atoms with Crippen molar-refractivity contribution in [2.45, 2.75) is 19.4 Å². The lowest BCUT2D eigenvalue weighted by Crippen LogP contribution is -2.42. The summed E-state index contributed by atoms with van der Waals surface area (Å²) >= 11 is 6.23. The molecule has 0 bridgehead atoms. The van der Waals surface area contributed by atoms with Crippen molar-refractivity contribution in [1.29, 1.82) is 0 Å². The molecule has 0 saturated carbocycles. The number of benzene rings is 2. The largest absolute Gasteiger partial charge is 0.348 e. The van der Waals surface area contributed by atoms with Crippen LogP contribution in [0.15, 0.2) is 59.9 Å². The molecule has 0 radical (unpaired) electrons. The number of amides is 1. The van der Waals surface area contributed by atoms with Crippen molar-refractivity contribution < 1.29 is 9.59 Å². The Kier molecular flexibility index (Phi) is 6.30. The maximum absolute atomic E-state index is 13.2. The minimum absolute atomic E-state index is 0.117. The van der Waals surface area contributed by atoms with Crippen LogP contribution in [0.1, 0.15) is 18.4 Å². The number of para-hydroxylation sites is 2. The second kappa shape index (κ2) is 9.12. The first-order valence-electron chi connectivity index (χ1n) is 10.6. The molecule has 2 aliphatic rings. The molecule has 1 N–H and O–H groups in total. The molecule has 2 aromatic carbocycles. The van der Waals surface area contributed by atoms with Gasteiger partial charge in [-0.2, -0.15) is 0 Å². The number of hydrogen-bond donors (Lipinski definition) is 1. The topological polar surface area (TPSA) is 55.9 Å². The van der Waals surface area contributed by atoms with Gasteiger partial charge in [0.05, 0.1) is 11.4 Å². The average Bonchev–Trinajstić information content (AvgIpc) is 3.06. The van der Waals surface area contributed by atoms with Gasteiger partial charge in [-0.25, -0.2) is 0 Å². The lowest BCUT2D eigenvalue weighted by Gasteiger charge is -2.31. The van der Waals surface area contributed by atoms with Gasteiger partial charge in [-0.15, -0.1) is 0 Å². The third-order valence-corrected chi connectivity index (χ3v) is 6.02. The normalized spacial score (nSPS) is 15.4. The number of hydrogen-bond acceptors (Lipinski definition) is 5. The van der Waals surface area contributed by atoms with Gasteiger partial charge in [0.2, 0.25) is 0 Å². The molecule has 7 heteroatoms. The van der Waals surface area contributed by atoms with E-state index in [4.69, 9.17) is 11.6 Å².